The normalized spacial score (nSPS) is 31.7. The molecular formula is C15H24N4O. The van der Waals surface area contributed by atoms with E-state index in [1.165, 1.54) is 12.8 Å². The fourth-order valence-corrected chi connectivity index (χ4v) is 3.46. The Morgan fingerprint density at radius 3 is 2.60 bits per heavy atom. The smallest absolute Gasteiger partial charge is 0.225 e. The molecular weight excluding hydrogens is 252 g/mol. The Balaban J connectivity index is 1.64. The third kappa shape index (κ3) is 3.10. The van der Waals surface area contributed by atoms with E-state index in [4.69, 9.17) is 4.74 Å². The van der Waals surface area contributed by atoms with Crippen molar-refractivity contribution in [2.24, 2.45) is 0 Å². The average molecular weight is 276 g/mol. The second kappa shape index (κ2) is 6.06. The lowest BCUT2D eigenvalue weighted by Crippen LogP contribution is -2.50. The lowest BCUT2D eigenvalue weighted by atomic mass is 10.1. The van der Waals surface area contributed by atoms with Crippen LogP contribution in [0.3, 0.4) is 0 Å². The van der Waals surface area contributed by atoms with Crippen LogP contribution in [-0.4, -0.2) is 59.3 Å². The van der Waals surface area contributed by atoms with E-state index < -0.39 is 0 Å². The number of hydrogen-bond donors (Lipinski definition) is 0. The van der Waals surface area contributed by atoms with Crippen LogP contribution in [0.5, 0.6) is 0 Å². The lowest BCUT2D eigenvalue weighted by Gasteiger charge is -2.38. The molecule has 0 bridgehead atoms. The van der Waals surface area contributed by atoms with Gasteiger partial charge in [0.1, 0.15) is 0 Å². The summed E-state index contributed by atoms with van der Waals surface area (Å²) in [4.78, 5) is 13.7. The zero-order valence-corrected chi connectivity index (χ0v) is 12.4. The molecule has 2 fully saturated rings. The van der Waals surface area contributed by atoms with Gasteiger partial charge in [0, 0.05) is 44.6 Å². The van der Waals surface area contributed by atoms with Crippen molar-refractivity contribution in [3.8, 4) is 0 Å². The van der Waals surface area contributed by atoms with Gasteiger partial charge < -0.3 is 9.64 Å². The van der Waals surface area contributed by atoms with Gasteiger partial charge in [-0.2, -0.15) is 0 Å². The van der Waals surface area contributed by atoms with Gasteiger partial charge in [-0.25, -0.2) is 9.97 Å². The quantitative estimate of drug-likeness (QED) is 0.838. The standard InChI is InChI=1S/C15H24N4O/c1-12-9-18(10-13(2)20-12)11-14-5-3-8-19(14)15-16-6-4-7-17-15/h4,6-7,12-14H,3,5,8-11H2,1-2H3/t12-,13-,14+/m1/s1. The topological polar surface area (TPSA) is 41.5 Å². The Kier molecular flexibility index (Phi) is 4.17. The molecule has 0 spiro atoms. The Bertz CT molecular complexity index is 417. The summed E-state index contributed by atoms with van der Waals surface area (Å²) in [5, 5.41) is 0. The van der Waals surface area contributed by atoms with E-state index in [1.807, 2.05) is 18.5 Å². The second-order valence-corrected chi connectivity index (χ2v) is 6.01. The van der Waals surface area contributed by atoms with Gasteiger partial charge in [0.05, 0.1) is 12.2 Å². The molecule has 2 aliphatic heterocycles. The molecule has 5 heteroatoms. The van der Waals surface area contributed by atoms with Crippen molar-refractivity contribution < 1.29 is 4.74 Å². The molecule has 2 aliphatic rings. The van der Waals surface area contributed by atoms with Gasteiger partial charge in [0.25, 0.3) is 0 Å². The van der Waals surface area contributed by atoms with Gasteiger partial charge in [-0.15, -0.1) is 0 Å². The molecule has 0 aliphatic carbocycles. The maximum atomic E-state index is 5.81. The molecule has 0 saturated carbocycles. The van der Waals surface area contributed by atoms with Gasteiger partial charge in [-0.1, -0.05) is 0 Å². The van der Waals surface area contributed by atoms with Crippen molar-refractivity contribution in [3.63, 3.8) is 0 Å². The van der Waals surface area contributed by atoms with Gasteiger partial charge in [-0.05, 0) is 32.8 Å². The zero-order chi connectivity index (χ0) is 13.9. The first kappa shape index (κ1) is 13.8. The first-order valence-corrected chi connectivity index (χ1v) is 7.64. The summed E-state index contributed by atoms with van der Waals surface area (Å²) in [6.07, 6.45) is 6.80. The van der Waals surface area contributed by atoms with Crippen molar-refractivity contribution in [3.05, 3.63) is 18.5 Å². The second-order valence-electron chi connectivity index (χ2n) is 6.01. The summed E-state index contributed by atoms with van der Waals surface area (Å²) >= 11 is 0. The first-order valence-electron chi connectivity index (χ1n) is 7.64. The molecule has 110 valence electrons. The molecule has 3 heterocycles. The highest BCUT2D eigenvalue weighted by Gasteiger charge is 2.30. The van der Waals surface area contributed by atoms with E-state index in [1.54, 1.807) is 0 Å². The average Bonchev–Trinajstić information content (AvgIpc) is 2.86. The van der Waals surface area contributed by atoms with Crippen LogP contribution in [0.4, 0.5) is 5.95 Å². The molecule has 5 nitrogen and oxygen atoms in total. The van der Waals surface area contributed by atoms with Crippen LogP contribution in [0.15, 0.2) is 18.5 Å². The molecule has 2 saturated heterocycles. The number of anilines is 1. The molecule has 0 aromatic carbocycles. The van der Waals surface area contributed by atoms with Crippen LogP contribution >= 0.6 is 0 Å². The number of hydrogen-bond acceptors (Lipinski definition) is 5. The van der Waals surface area contributed by atoms with Crippen LogP contribution in [0.1, 0.15) is 26.7 Å². The molecule has 0 radical (unpaired) electrons. The van der Waals surface area contributed by atoms with Crippen molar-refractivity contribution >= 4 is 5.95 Å². The van der Waals surface area contributed by atoms with Crippen LogP contribution < -0.4 is 4.90 Å². The van der Waals surface area contributed by atoms with Crippen molar-refractivity contribution in [2.45, 2.75) is 44.9 Å². The van der Waals surface area contributed by atoms with Crippen LogP contribution in [-0.2, 0) is 4.74 Å². The van der Waals surface area contributed by atoms with Crippen molar-refractivity contribution in [1.29, 1.82) is 0 Å². The third-order valence-electron chi connectivity index (χ3n) is 4.15. The highest BCUT2D eigenvalue weighted by Crippen LogP contribution is 2.23. The molecule has 0 N–H and O–H groups in total. The number of morpholine rings is 1. The Hall–Kier alpha value is -1.20. The first-order chi connectivity index (χ1) is 9.72. The number of nitrogens with zero attached hydrogens (tertiary/aromatic N) is 4. The van der Waals surface area contributed by atoms with Crippen LogP contribution in [0, 0.1) is 0 Å². The summed E-state index contributed by atoms with van der Waals surface area (Å²) in [5.41, 5.74) is 0. The minimum Gasteiger partial charge on any atom is -0.373 e. The maximum absolute atomic E-state index is 5.81. The predicted octanol–water partition coefficient (Wildman–Crippen LogP) is 1.55. The minimum absolute atomic E-state index is 0.335. The van der Waals surface area contributed by atoms with Crippen molar-refractivity contribution in [2.75, 3.05) is 31.1 Å². The molecule has 0 amide bonds. The van der Waals surface area contributed by atoms with E-state index in [2.05, 4.69) is 33.6 Å². The Morgan fingerprint density at radius 1 is 1.20 bits per heavy atom. The fraction of sp³-hybridized carbons (Fsp3) is 0.733. The van der Waals surface area contributed by atoms with E-state index in [0.29, 0.717) is 18.2 Å². The lowest BCUT2D eigenvalue weighted by molar-refractivity contribution is -0.0690. The van der Waals surface area contributed by atoms with Gasteiger partial charge in [-0.3, -0.25) is 4.90 Å². The summed E-state index contributed by atoms with van der Waals surface area (Å²) in [6, 6.07) is 2.41. The SMILES string of the molecule is C[C@@H]1CN(C[C@@H]2CCCN2c2ncccn2)C[C@@H](C)O1. The fourth-order valence-electron chi connectivity index (χ4n) is 3.46. The van der Waals surface area contributed by atoms with E-state index in [9.17, 15) is 0 Å². The van der Waals surface area contributed by atoms with Crippen LogP contribution in [0.2, 0.25) is 0 Å². The van der Waals surface area contributed by atoms with Crippen molar-refractivity contribution in [1.82, 2.24) is 14.9 Å². The molecule has 3 atom stereocenters. The molecule has 1 aromatic rings. The molecule has 3 rings (SSSR count). The number of rotatable bonds is 3. The Labute approximate surface area is 121 Å². The van der Waals surface area contributed by atoms with Crippen LogP contribution in [0.25, 0.3) is 0 Å². The van der Waals surface area contributed by atoms with Gasteiger partial charge in [0.15, 0.2) is 0 Å². The van der Waals surface area contributed by atoms with Gasteiger partial charge in [0.2, 0.25) is 5.95 Å². The summed E-state index contributed by atoms with van der Waals surface area (Å²) < 4.78 is 5.81. The third-order valence-corrected chi connectivity index (χ3v) is 4.15. The van der Waals surface area contributed by atoms with E-state index >= 15 is 0 Å². The molecule has 1 aromatic heterocycles. The van der Waals surface area contributed by atoms with E-state index in [0.717, 1.165) is 32.1 Å². The number of aromatic nitrogens is 2. The zero-order valence-electron chi connectivity index (χ0n) is 12.4. The van der Waals surface area contributed by atoms with Gasteiger partial charge >= 0.3 is 0 Å². The molecule has 20 heavy (non-hydrogen) atoms. The highest BCUT2D eigenvalue weighted by atomic mass is 16.5. The summed E-state index contributed by atoms with van der Waals surface area (Å²) in [5.74, 6) is 0.879. The Morgan fingerprint density at radius 2 is 1.90 bits per heavy atom. The minimum atomic E-state index is 0.335. The number of ether oxygens (including phenoxy) is 1. The maximum Gasteiger partial charge on any atom is 0.225 e. The highest BCUT2D eigenvalue weighted by molar-refractivity contribution is 5.32. The largest absolute Gasteiger partial charge is 0.373 e. The van der Waals surface area contributed by atoms with E-state index in [-0.39, 0.29) is 0 Å². The predicted molar refractivity (Wildman–Crippen MR) is 78.8 cm³/mol. The summed E-state index contributed by atoms with van der Waals surface area (Å²) in [6.45, 7) is 8.56. The molecule has 0 unspecified atom stereocenters. The summed E-state index contributed by atoms with van der Waals surface area (Å²) in [7, 11) is 0. The monoisotopic (exact) mass is 276 g/mol.